The molecule has 1 aromatic rings. The van der Waals surface area contributed by atoms with Crippen molar-refractivity contribution < 1.29 is 19.7 Å². The lowest BCUT2D eigenvalue weighted by Crippen LogP contribution is -2.19. The van der Waals surface area contributed by atoms with Crippen molar-refractivity contribution in [1.82, 2.24) is 0 Å². The highest BCUT2D eigenvalue weighted by Gasteiger charge is 2.01. The van der Waals surface area contributed by atoms with Crippen molar-refractivity contribution in [3.05, 3.63) is 29.8 Å². The molecule has 0 saturated carbocycles. The van der Waals surface area contributed by atoms with E-state index >= 15 is 0 Å². The smallest absolute Gasteiger partial charge is 0.118 e. The number of hydrogen-bond acceptors (Lipinski definition) is 4. The molecule has 1 aromatic carbocycles. The Balaban J connectivity index is 2.31. The zero-order valence-corrected chi connectivity index (χ0v) is 8.72. The molecule has 84 valence electrons. The Morgan fingerprint density at radius 2 is 1.93 bits per heavy atom. The van der Waals surface area contributed by atoms with Gasteiger partial charge < -0.3 is 19.7 Å². The van der Waals surface area contributed by atoms with Gasteiger partial charge in [-0.3, -0.25) is 0 Å². The molecule has 0 radical (unpaired) electrons. The van der Waals surface area contributed by atoms with Gasteiger partial charge in [-0.1, -0.05) is 12.1 Å². The number of methoxy groups -OCH3 is 1. The van der Waals surface area contributed by atoms with Crippen molar-refractivity contribution in [3.63, 3.8) is 0 Å². The second-order valence-electron chi connectivity index (χ2n) is 3.20. The molecule has 0 amide bonds. The van der Waals surface area contributed by atoms with Gasteiger partial charge in [-0.25, -0.2) is 0 Å². The summed E-state index contributed by atoms with van der Waals surface area (Å²) in [4.78, 5) is 0. The molecule has 0 fully saturated rings. The average molecular weight is 212 g/mol. The summed E-state index contributed by atoms with van der Waals surface area (Å²) >= 11 is 0. The first-order valence-corrected chi connectivity index (χ1v) is 4.76. The molecule has 0 aromatic heterocycles. The molecule has 1 atom stereocenters. The van der Waals surface area contributed by atoms with E-state index in [1.54, 1.807) is 7.11 Å². The molecule has 0 bridgehead atoms. The fourth-order valence-corrected chi connectivity index (χ4v) is 1.09. The van der Waals surface area contributed by atoms with Gasteiger partial charge in [-0.15, -0.1) is 0 Å². The van der Waals surface area contributed by atoms with Gasteiger partial charge in [0.1, 0.15) is 11.9 Å². The van der Waals surface area contributed by atoms with E-state index in [-0.39, 0.29) is 13.2 Å². The van der Waals surface area contributed by atoms with Crippen LogP contribution in [0.25, 0.3) is 0 Å². The highest BCUT2D eigenvalue weighted by atomic mass is 16.5. The van der Waals surface area contributed by atoms with Gasteiger partial charge in [-0.2, -0.15) is 0 Å². The zero-order valence-electron chi connectivity index (χ0n) is 8.72. The number of aliphatic hydroxyl groups excluding tert-OH is 2. The van der Waals surface area contributed by atoms with Crippen LogP contribution in [-0.2, 0) is 11.3 Å². The number of benzene rings is 1. The molecule has 0 spiro atoms. The summed E-state index contributed by atoms with van der Waals surface area (Å²) in [7, 11) is 1.61. The molecule has 0 unspecified atom stereocenters. The first-order chi connectivity index (χ1) is 7.26. The van der Waals surface area contributed by atoms with E-state index in [0.717, 1.165) is 11.3 Å². The molecule has 0 saturated heterocycles. The lowest BCUT2D eigenvalue weighted by molar-refractivity contribution is 0.0000175. The molecule has 0 aliphatic carbocycles. The van der Waals surface area contributed by atoms with E-state index in [1.165, 1.54) is 0 Å². The quantitative estimate of drug-likeness (QED) is 0.723. The van der Waals surface area contributed by atoms with E-state index in [9.17, 15) is 0 Å². The first kappa shape index (κ1) is 12.0. The van der Waals surface area contributed by atoms with Crippen LogP contribution in [0.5, 0.6) is 5.75 Å². The summed E-state index contributed by atoms with van der Waals surface area (Å²) < 4.78 is 10.2. The fraction of sp³-hybridized carbons (Fsp3) is 0.455. The van der Waals surface area contributed by atoms with Crippen LogP contribution >= 0.6 is 0 Å². The molecular formula is C11H16O4. The normalized spacial score (nSPS) is 12.5. The highest BCUT2D eigenvalue weighted by molar-refractivity contribution is 5.26. The minimum absolute atomic E-state index is 0.141. The zero-order chi connectivity index (χ0) is 11.1. The summed E-state index contributed by atoms with van der Waals surface area (Å²) in [5.41, 5.74) is 1.00. The predicted octanol–water partition coefficient (Wildman–Crippen LogP) is 0.565. The lowest BCUT2D eigenvalue weighted by atomic mass is 10.2. The molecular weight excluding hydrogens is 196 g/mol. The van der Waals surface area contributed by atoms with Crippen molar-refractivity contribution in [1.29, 1.82) is 0 Å². The largest absolute Gasteiger partial charge is 0.497 e. The van der Waals surface area contributed by atoms with E-state index in [1.807, 2.05) is 24.3 Å². The van der Waals surface area contributed by atoms with Crippen LogP contribution in [0.15, 0.2) is 24.3 Å². The van der Waals surface area contributed by atoms with E-state index in [0.29, 0.717) is 6.61 Å². The molecule has 2 N–H and O–H groups in total. The van der Waals surface area contributed by atoms with Gasteiger partial charge in [0.25, 0.3) is 0 Å². The van der Waals surface area contributed by atoms with Gasteiger partial charge >= 0.3 is 0 Å². The number of hydrogen-bond donors (Lipinski definition) is 2. The van der Waals surface area contributed by atoms with Crippen LogP contribution < -0.4 is 4.74 Å². The Kier molecular flexibility index (Phi) is 5.10. The van der Waals surface area contributed by atoms with Crippen molar-refractivity contribution in [3.8, 4) is 5.75 Å². The van der Waals surface area contributed by atoms with Crippen molar-refractivity contribution in [2.24, 2.45) is 0 Å². The Bertz CT molecular complexity index is 270. The van der Waals surface area contributed by atoms with Gasteiger partial charge in [0.05, 0.1) is 26.9 Å². The van der Waals surface area contributed by atoms with Crippen LogP contribution in [0.4, 0.5) is 0 Å². The Labute approximate surface area is 89.1 Å². The van der Waals surface area contributed by atoms with E-state index in [2.05, 4.69) is 0 Å². The van der Waals surface area contributed by atoms with Crippen LogP contribution in [-0.4, -0.2) is 36.6 Å². The first-order valence-electron chi connectivity index (χ1n) is 4.76. The van der Waals surface area contributed by atoms with E-state index in [4.69, 9.17) is 19.7 Å². The summed E-state index contributed by atoms with van der Waals surface area (Å²) in [6.07, 6.45) is -0.803. The van der Waals surface area contributed by atoms with Crippen molar-refractivity contribution in [2.45, 2.75) is 12.7 Å². The maximum absolute atomic E-state index is 9.02. The second kappa shape index (κ2) is 6.40. The summed E-state index contributed by atoms with van der Waals surface area (Å²) in [5, 5.41) is 17.6. The predicted molar refractivity (Wildman–Crippen MR) is 55.7 cm³/mol. The van der Waals surface area contributed by atoms with E-state index < -0.39 is 6.10 Å². The Morgan fingerprint density at radius 3 is 2.47 bits per heavy atom. The van der Waals surface area contributed by atoms with Crippen LogP contribution in [0.3, 0.4) is 0 Å². The standard InChI is InChI=1S/C11H16O4/c1-14-11-4-2-9(3-5-11)7-15-8-10(13)6-12/h2-5,10,12-13H,6-8H2,1H3/t10-/m1/s1. The lowest BCUT2D eigenvalue weighted by Gasteiger charge is -2.08. The number of ether oxygens (including phenoxy) is 2. The molecule has 4 nitrogen and oxygen atoms in total. The van der Waals surface area contributed by atoms with Crippen molar-refractivity contribution in [2.75, 3.05) is 20.3 Å². The third-order valence-corrected chi connectivity index (χ3v) is 1.95. The SMILES string of the molecule is COc1ccc(COC[C@H](O)CO)cc1. The summed E-state index contributed by atoms with van der Waals surface area (Å²) in [5.74, 6) is 0.800. The molecule has 0 heterocycles. The molecule has 1 rings (SSSR count). The van der Waals surface area contributed by atoms with Crippen LogP contribution in [0.1, 0.15) is 5.56 Å². The fourth-order valence-electron chi connectivity index (χ4n) is 1.09. The molecule has 4 heteroatoms. The van der Waals surface area contributed by atoms with Gasteiger partial charge in [-0.05, 0) is 17.7 Å². The molecule has 0 aliphatic rings. The second-order valence-corrected chi connectivity index (χ2v) is 3.20. The average Bonchev–Trinajstić information content (AvgIpc) is 2.29. The maximum atomic E-state index is 9.02. The van der Waals surface area contributed by atoms with Gasteiger partial charge in [0.2, 0.25) is 0 Å². The minimum Gasteiger partial charge on any atom is -0.497 e. The van der Waals surface area contributed by atoms with Crippen LogP contribution in [0.2, 0.25) is 0 Å². The maximum Gasteiger partial charge on any atom is 0.118 e. The Hall–Kier alpha value is -1.10. The Morgan fingerprint density at radius 1 is 1.27 bits per heavy atom. The van der Waals surface area contributed by atoms with Gasteiger partial charge in [0.15, 0.2) is 0 Å². The highest BCUT2D eigenvalue weighted by Crippen LogP contribution is 2.11. The number of aliphatic hydroxyl groups is 2. The molecule has 0 aliphatic heterocycles. The summed E-state index contributed by atoms with van der Waals surface area (Å²) in [6.45, 7) is 0.284. The summed E-state index contributed by atoms with van der Waals surface area (Å²) in [6, 6.07) is 7.48. The monoisotopic (exact) mass is 212 g/mol. The van der Waals surface area contributed by atoms with Gasteiger partial charge in [0, 0.05) is 0 Å². The third-order valence-electron chi connectivity index (χ3n) is 1.95. The topological polar surface area (TPSA) is 58.9 Å². The molecule has 15 heavy (non-hydrogen) atoms. The third kappa shape index (κ3) is 4.29. The number of rotatable bonds is 6. The van der Waals surface area contributed by atoms with Crippen LogP contribution in [0, 0.1) is 0 Å². The van der Waals surface area contributed by atoms with Crippen molar-refractivity contribution >= 4 is 0 Å². The minimum atomic E-state index is -0.803.